The molecule has 0 aromatic carbocycles. The van der Waals surface area contributed by atoms with E-state index in [9.17, 15) is 4.79 Å². The Kier molecular flexibility index (Phi) is 4.59. The zero-order valence-electron chi connectivity index (χ0n) is 10.6. The molecule has 1 rings (SSSR count). The Bertz CT molecular complexity index is 236. The van der Waals surface area contributed by atoms with Gasteiger partial charge in [0.1, 0.15) is 5.60 Å². The number of rotatable bonds is 1. The van der Waals surface area contributed by atoms with Crippen molar-refractivity contribution in [2.24, 2.45) is 5.73 Å². The number of nitrogens with two attached hydrogens (primary N) is 1. The lowest BCUT2D eigenvalue weighted by atomic mass is 10.0. The molecule has 0 radical (unpaired) electrons. The number of carbonyl (C=O) groups excluding carboxylic acids is 1. The Labute approximate surface area is 97.9 Å². The highest BCUT2D eigenvalue weighted by Gasteiger charge is 2.24. The van der Waals surface area contributed by atoms with Crippen LogP contribution in [0.4, 0.5) is 4.79 Å². The van der Waals surface area contributed by atoms with Crippen LogP contribution in [0.15, 0.2) is 0 Å². The first-order valence-corrected chi connectivity index (χ1v) is 6.13. The molecule has 0 spiro atoms. The van der Waals surface area contributed by atoms with Crippen LogP contribution in [0.2, 0.25) is 0 Å². The molecule has 0 aromatic heterocycles. The van der Waals surface area contributed by atoms with Crippen molar-refractivity contribution in [3.8, 4) is 0 Å². The van der Waals surface area contributed by atoms with Crippen molar-refractivity contribution in [1.29, 1.82) is 0 Å². The molecule has 3 N–H and O–H groups in total. The third kappa shape index (κ3) is 4.84. The first-order valence-electron chi connectivity index (χ1n) is 6.13. The SMILES string of the molecule is CC(C)(C)OC(=O)N[C@H]1CCCCC[C@@H]1N. The van der Waals surface area contributed by atoms with E-state index >= 15 is 0 Å². The van der Waals surface area contributed by atoms with Crippen LogP contribution in [0.3, 0.4) is 0 Å². The number of hydrogen-bond donors (Lipinski definition) is 2. The lowest BCUT2D eigenvalue weighted by Gasteiger charge is -2.25. The summed E-state index contributed by atoms with van der Waals surface area (Å²) in [4.78, 5) is 11.6. The topological polar surface area (TPSA) is 64.3 Å². The average Bonchev–Trinajstić information content (AvgIpc) is 2.29. The van der Waals surface area contributed by atoms with Gasteiger partial charge in [0, 0.05) is 12.1 Å². The van der Waals surface area contributed by atoms with E-state index in [1.807, 2.05) is 20.8 Å². The first-order chi connectivity index (χ1) is 7.38. The van der Waals surface area contributed by atoms with E-state index in [4.69, 9.17) is 10.5 Å². The molecule has 0 heterocycles. The predicted octanol–water partition coefficient (Wildman–Crippen LogP) is 2.17. The molecule has 0 aliphatic heterocycles. The van der Waals surface area contributed by atoms with Crippen LogP contribution < -0.4 is 11.1 Å². The molecule has 4 heteroatoms. The number of nitrogens with one attached hydrogen (secondary N) is 1. The van der Waals surface area contributed by atoms with Gasteiger partial charge >= 0.3 is 6.09 Å². The van der Waals surface area contributed by atoms with E-state index in [-0.39, 0.29) is 18.2 Å². The Morgan fingerprint density at radius 2 is 1.88 bits per heavy atom. The summed E-state index contributed by atoms with van der Waals surface area (Å²) < 4.78 is 5.22. The Morgan fingerprint density at radius 1 is 1.25 bits per heavy atom. The fourth-order valence-electron chi connectivity index (χ4n) is 1.97. The van der Waals surface area contributed by atoms with Crippen molar-refractivity contribution >= 4 is 6.09 Å². The maximum atomic E-state index is 11.6. The Hall–Kier alpha value is -0.770. The van der Waals surface area contributed by atoms with Gasteiger partial charge in [0.25, 0.3) is 0 Å². The van der Waals surface area contributed by atoms with Gasteiger partial charge in [-0.3, -0.25) is 0 Å². The molecule has 1 aliphatic rings. The second-order valence-corrected chi connectivity index (χ2v) is 5.55. The molecule has 0 bridgehead atoms. The quantitative estimate of drug-likeness (QED) is 0.676. The van der Waals surface area contributed by atoms with Crippen LogP contribution >= 0.6 is 0 Å². The second-order valence-electron chi connectivity index (χ2n) is 5.55. The number of hydrogen-bond acceptors (Lipinski definition) is 3. The van der Waals surface area contributed by atoms with Crippen LogP contribution in [-0.2, 0) is 4.74 Å². The van der Waals surface area contributed by atoms with Gasteiger partial charge in [-0.2, -0.15) is 0 Å². The summed E-state index contributed by atoms with van der Waals surface area (Å²) in [6.45, 7) is 5.58. The predicted molar refractivity (Wildman–Crippen MR) is 64.2 cm³/mol. The highest BCUT2D eigenvalue weighted by molar-refractivity contribution is 5.68. The van der Waals surface area contributed by atoms with Crippen molar-refractivity contribution in [3.63, 3.8) is 0 Å². The minimum atomic E-state index is -0.446. The van der Waals surface area contributed by atoms with Gasteiger partial charge in [-0.1, -0.05) is 19.3 Å². The lowest BCUT2D eigenvalue weighted by Crippen LogP contribution is -2.48. The maximum Gasteiger partial charge on any atom is 0.407 e. The molecule has 4 nitrogen and oxygen atoms in total. The summed E-state index contributed by atoms with van der Waals surface area (Å²) in [6, 6.07) is 0.132. The first kappa shape index (κ1) is 13.3. The molecule has 0 unspecified atom stereocenters. The molecule has 2 atom stereocenters. The van der Waals surface area contributed by atoms with Gasteiger partial charge in [0.2, 0.25) is 0 Å². The third-order valence-corrected chi connectivity index (χ3v) is 2.77. The molecule has 1 aliphatic carbocycles. The number of amides is 1. The number of ether oxygens (including phenoxy) is 1. The minimum Gasteiger partial charge on any atom is -0.444 e. The van der Waals surface area contributed by atoms with E-state index in [2.05, 4.69) is 5.32 Å². The minimum absolute atomic E-state index is 0.0648. The molecular weight excluding hydrogens is 204 g/mol. The van der Waals surface area contributed by atoms with Crippen molar-refractivity contribution in [1.82, 2.24) is 5.32 Å². The monoisotopic (exact) mass is 228 g/mol. The summed E-state index contributed by atoms with van der Waals surface area (Å²) in [7, 11) is 0. The Balaban J connectivity index is 2.42. The van der Waals surface area contributed by atoms with Gasteiger partial charge in [0.05, 0.1) is 0 Å². The molecule has 1 saturated carbocycles. The molecular formula is C12H24N2O2. The maximum absolute atomic E-state index is 11.6. The normalized spacial score (nSPS) is 27.0. The molecule has 1 fully saturated rings. The number of alkyl carbamates (subject to hydrolysis) is 1. The average molecular weight is 228 g/mol. The summed E-state index contributed by atoms with van der Waals surface area (Å²) in [5.41, 5.74) is 5.58. The summed E-state index contributed by atoms with van der Waals surface area (Å²) in [5, 5.41) is 2.88. The van der Waals surface area contributed by atoms with Crippen molar-refractivity contribution in [2.45, 2.75) is 70.6 Å². The zero-order chi connectivity index (χ0) is 12.2. The van der Waals surface area contributed by atoms with Crippen LogP contribution in [-0.4, -0.2) is 23.8 Å². The highest BCUT2D eigenvalue weighted by Crippen LogP contribution is 2.17. The smallest absolute Gasteiger partial charge is 0.407 e. The zero-order valence-corrected chi connectivity index (χ0v) is 10.6. The van der Waals surface area contributed by atoms with Gasteiger partial charge in [-0.25, -0.2) is 4.79 Å². The fourth-order valence-corrected chi connectivity index (χ4v) is 1.97. The van der Waals surface area contributed by atoms with E-state index < -0.39 is 5.60 Å². The van der Waals surface area contributed by atoms with E-state index in [0.717, 1.165) is 25.7 Å². The third-order valence-electron chi connectivity index (χ3n) is 2.77. The molecule has 0 aromatic rings. The van der Waals surface area contributed by atoms with Gasteiger partial charge in [-0.15, -0.1) is 0 Å². The summed E-state index contributed by atoms with van der Waals surface area (Å²) in [5.74, 6) is 0. The molecule has 1 amide bonds. The highest BCUT2D eigenvalue weighted by atomic mass is 16.6. The van der Waals surface area contributed by atoms with Crippen molar-refractivity contribution < 1.29 is 9.53 Å². The van der Waals surface area contributed by atoms with Gasteiger partial charge in [-0.05, 0) is 33.6 Å². The fraction of sp³-hybridized carbons (Fsp3) is 0.917. The van der Waals surface area contributed by atoms with E-state index in [1.54, 1.807) is 0 Å². The standard InChI is InChI=1S/C12H24N2O2/c1-12(2,3)16-11(15)14-10-8-6-4-5-7-9(10)13/h9-10H,4-8,13H2,1-3H3,(H,14,15)/t9-,10-/m0/s1. The van der Waals surface area contributed by atoms with Gasteiger partial charge < -0.3 is 15.8 Å². The second kappa shape index (κ2) is 5.53. The van der Waals surface area contributed by atoms with Crippen LogP contribution in [0.5, 0.6) is 0 Å². The van der Waals surface area contributed by atoms with Crippen LogP contribution in [0.1, 0.15) is 52.9 Å². The largest absolute Gasteiger partial charge is 0.444 e. The summed E-state index contributed by atoms with van der Waals surface area (Å²) >= 11 is 0. The molecule has 0 saturated heterocycles. The van der Waals surface area contributed by atoms with Crippen molar-refractivity contribution in [3.05, 3.63) is 0 Å². The number of carbonyl (C=O) groups is 1. The molecule has 94 valence electrons. The van der Waals surface area contributed by atoms with E-state index in [0.29, 0.717) is 0 Å². The summed E-state index contributed by atoms with van der Waals surface area (Å²) in [6.07, 6.45) is 5.10. The Morgan fingerprint density at radius 3 is 2.50 bits per heavy atom. The van der Waals surface area contributed by atoms with E-state index in [1.165, 1.54) is 6.42 Å². The van der Waals surface area contributed by atoms with Crippen molar-refractivity contribution in [2.75, 3.05) is 0 Å². The van der Waals surface area contributed by atoms with Crippen LogP contribution in [0.25, 0.3) is 0 Å². The van der Waals surface area contributed by atoms with Crippen LogP contribution in [0, 0.1) is 0 Å². The van der Waals surface area contributed by atoms with Gasteiger partial charge in [0.15, 0.2) is 0 Å². The lowest BCUT2D eigenvalue weighted by molar-refractivity contribution is 0.0494. The molecule has 16 heavy (non-hydrogen) atoms.